The summed E-state index contributed by atoms with van der Waals surface area (Å²) in [7, 11) is 0. The van der Waals surface area contributed by atoms with Crippen molar-refractivity contribution in [2.24, 2.45) is 0 Å². The SMILES string of the molecule is CC.CCCN(CCCc1ccc(F)cc1)CCc1ccc(N)c(C)c1. The molecule has 2 nitrogen and oxygen atoms in total. The lowest BCUT2D eigenvalue weighted by Gasteiger charge is -2.22. The van der Waals surface area contributed by atoms with Crippen molar-refractivity contribution in [3.8, 4) is 0 Å². The molecule has 0 bridgehead atoms. The fourth-order valence-electron chi connectivity index (χ4n) is 2.99. The molecule has 144 valence electrons. The zero-order chi connectivity index (χ0) is 19.4. The maximum absolute atomic E-state index is 12.9. The van der Waals surface area contributed by atoms with Crippen molar-refractivity contribution in [3.63, 3.8) is 0 Å². The zero-order valence-corrected chi connectivity index (χ0v) is 16.9. The lowest BCUT2D eigenvalue weighted by Crippen LogP contribution is -2.28. The molecule has 2 N–H and O–H groups in total. The van der Waals surface area contributed by atoms with Crippen LogP contribution < -0.4 is 5.73 Å². The lowest BCUT2D eigenvalue weighted by molar-refractivity contribution is 0.274. The Hall–Kier alpha value is -1.87. The maximum atomic E-state index is 12.9. The van der Waals surface area contributed by atoms with Gasteiger partial charge < -0.3 is 10.6 Å². The van der Waals surface area contributed by atoms with Crippen molar-refractivity contribution in [2.75, 3.05) is 25.4 Å². The van der Waals surface area contributed by atoms with Crippen LogP contribution in [0.3, 0.4) is 0 Å². The van der Waals surface area contributed by atoms with Crippen molar-refractivity contribution < 1.29 is 4.39 Å². The number of hydrogen-bond donors (Lipinski definition) is 1. The molecule has 3 heteroatoms. The molecule has 0 spiro atoms. The molecule has 0 radical (unpaired) electrons. The predicted octanol–water partition coefficient (Wildman–Crippen LogP) is 5.63. The highest BCUT2D eigenvalue weighted by Gasteiger charge is 2.05. The van der Waals surface area contributed by atoms with Gasteiger partial charge in [-0.3, -0.25) is 0 Å². The molecule has 2 aromatic carbocycles. The van der Waals surface area contributed by atoms with Crippen LogP contribution in [-0.4, -0.2) is 24.5 Å². The number of nitrogens with zero attached hydrogens (tertiary/aromatic N) is 1. The molecule has 26 heavy (non-hydrogen) atoms. The van der Waals surface area contributed by atoms with Gasteiger partial charge in [-0.05, 0) is 80.6 Å². The average molecular weight is 359 g/mol. The fraction of sp³-hybridized carbons (Fsp3) is 0.478. The Balaban J connectivity index is 0.00000163. The molecule has 0 saturated carbocycles. The van der Waals surface area contributed by atoms with E-state index in [1.807, 2.05) is 32.0 Å². The first-order valence-electron chi connectivity index (χ1n) is 9.90. The molecular formula is C23H35FN2. The second-order valence-corrected chi connectivity index (χ2v) is 6.51. The molecule has 0 aliphatic rings. The lowest BCUT2D eigenvalue weighted by atomic mass is 10.1. The molecule has 0 unspecified atom stereocenters. The van der Waals surface area contributed by atoms with E-state index in [9.17, 15) is 4.39 Å². The molecule has 2 aromatic rings. The Morgan fingerprint density at radius 2 is 1.54 bits per heavy atom. The first-order valence-corrected chi connectivity index (χ1v) is 9.90. The van der Waals surface area contributed by atoms with Gasteiger partial charge in [0.25, 0.3) is 0 Å². The minimum Gasteiger partial charge on any atom is -0.399 e. The van der Waals surface area contributed by atoms with E-state index in [0.29, 0.717) is 0 Å². The fourth-order valence-corrected chi connectivity index (χ4v) is 2.99. The normalized spacial score (nSPS) is 10.5. The summed E-state index contributed by atoms with van der Waals surface area (Å²) in [4.78, 5) is 2.52. The van der Waals surface area contributed by atoms with E-state index in [-0.39, 0.29) is 5.82 Å². The monoisotopic (exact) mass is 358 g/mol. The Labute approximate surface area is 159 Å². The highest BCUT2D eigenvalue weighted by atomic mass is 19.1. The quantitative estimate of drug-likeness (QED) is 0.589. The molecular weight excluding hydrogens is 323 g/mol. The molecule has 0 amide bonds. The molecule has 0 heterocycles. The van der Waals surface area contributed by atoms with Gasteiger partial charge in [0, 0.05) is 12.2 Å². The highest BCUT2D eigenvalue weighted by molar-refractivity contribution is 5.47. The van der Waals surface area contributed by atoms with E-state index in [1.165, 1.54) is 11.1 Å². The highest BCUT2D eigenvalue weighted by Crippen LogP contribution is 2.14. The Bertz CT molecular complexity index is 623. The minimum atomic E-state index is -0.162. The third-order valence-electron chi connectivity index (χ3n) is 4.44. The van der Waals surface area contributed by atoms with E-state index >= 15 is 0 Å². The molecule has 2 rings (SSSR count). The average Bonchev–Trinajstić information content (AvgIpc) is 2.65. The number of hydrogen-bond acceptors (Lipinski definition) is 2. The molecule has 0 aliphatic heterocycles. The van der Waals surface area contributed by atoms with Gasteiger partial charge in [0.05, 0.1) is 0 Å². The van der Waals surface area contributed by atoms with E-state index in [1.54, 1.807) is 12.1 Å². The smallest absolute Gasteiger partial charge is 0.123 e. The third kappa shape index (κ3) is 8.01. The number of nitrogen functional groups attached to an aromatic ring is 1. The minimum absolute atomic E-state index is 0.162. The van der Waals surface area contributed by atoms with Crippen LogP contribution in [0, 0.1) is 12.7 Å². The summed E-state index contributed by atoms with van der Waals surface area (Å²) in [6.45, 7) is 11.6. The largest absolute Gasteiger partial charge is 0.399 e. The van der Waals surface area contributed by atoms with Gasteiger partial charge >= 0.3 is 0 Å². The van der Waals surface area contributed by atoms with Gasteiger partial charge in [-0.15, -0.1) is 0 Å². The van der Waals surface area contributed by atoms with Gasteiger partial charge in [-0.25, -0.2) is 4.39 Å². The van der Waals surface area contributed by atoms with E-state index in [0.717, 1.165) is 56.6 Å². The second-order valence-electron chi connectivity index (χ2n) is 6.51. The summed E-state index contributed by atoms with van der Waals surface area (Å²) in [5.41, 5.74) is 10.5. The van der Waals surface area contributed by atoms with Gasteiger partial charge in [0.1, 0.15) is 5.82 Å². The van der Waals surface area contributed by atoms with E-state index in [2.05, 4.69) is 30.9 Å². The van der Waals surface area contributed by atoms with Crippen molar-refractivity contribution in [1.82, 2.24) is 4.90 Å². The number of halogens is 1. The van der Waals surface area contributed by atoms with Crippen LogP contribution in [0.1, 0.15) is 50.3 Å². The molecule has 0 saturated heterocycles. The Morgan fingerprint density at radius 3 is 2.15 bits per heavy atom. The number of anilines is 1. The summed E-state index contributed by atoms with van der Waals surface area (Å²) in [5.74, 6) is -0.162. The van der Waals surface area contributed by atoms with Crippen LogP contribution in [0.4, 0.5) is 10.1 Å². The van der Waals surface area contributed by atoms with Gasteiger partial charge in [0.15, 0.2) is 0 Å². The number of nitrogens with two attached hydrogens (primary N) is 1. The number of rotatable bonds is 9. The summed E-state index contributed by atoms with van der Waals surface area (Å²) >= 11 is 0. The van der Waals surface area contributed by atoms with E-state index < -0.39 is 0 Å². The van der Waals surface area contributed by atoms with Crippen molar-refractivity contribution >= 4 is 5.69 Å². The maximum Gasteiger partial charge on any atom is 0.123 e. The van der Waals surface area contributed by atoms with Gasteiger partial charge in [-0.2, -0.15) is 0 Å². The molecule has 0 aliphatic carbocycles. The third-order valence-corrected chi connectivity index (χ3v) is 4.44. The van der Waals surface area contributed by atoms with Crippen LogP contribution in [0.25, 0.3) is 0 Å². The summed E-state index contributed by atoms with van der Waals surface area (Å²) in [6.07, 6.45) is 4.32. The van der Waals surface area contributed by atoms with Crippen LogP contribution >= 0.6 is 0 Å². The summed E-state index contributed by atoms with van der Waals surface area (Å²) < 4.78 is 12.9. The molecule has 0 aromatic heterocycles. The Morgan fingerprint density at radius 1 is 0.885 bits per heavy atom. The van der Waals surface area contributed by atoms with Crippen molar-refractivity contribution in [1.29, 1.82) is 0 Å². The van der Waals surface area contributed by atoms with Crippen molar-refractivity contribution in [2.45, 2.75) is 53.4 Å². The molecule has 0 fully saturated rings. The first-order chi connectivity index (χ1) is 12.6. The zero-order valence-electron chi connectivity index (χ0n) is 16.9. The second kappa shape index (κ2) is 12.5. The first kappa shape index (κ1) is 22.2. The summed E-state index contributed by atoms with van der Waals surface area (Å²) in [5, 5.41) is 0. The van der Waals surface area contributed by atoms with Crippen LogP contribution in [0.5, 0.6) is 0 Å². The number of benzene rings is 2. The molecule has 0 atom stereocenters. The topological polar surface area (TPSA) is 29.3 Å². The van der Waals surface area contributed by atoms with E-state index in [4.69, 9.17) is 5.73 Å². The van der Waals surface area contributed by atoms with Crippen LogP contribution in [-0.2, 0) is 12.8 Å². The standard InChI is InChI=1S/C21H29FN2.C2H6/c1-3-13-24(14-4-5-18-6-9-20(22)10-7-18)15-12-19-8-11-21(23)17(2)16-19;1-2/h6-11,16H,3-5,12-15,23H2,1-2H3;1-2H3. The van der Waals surface area contributed by atoms with Gasteiger partial charge in [0.2, 0.25) is 0 Å². The predicted molar refractivity (Wildman–Crippen MR) is 112 cm³/mol. The Kier molecular flexibility index (Phi) is 10.6. The van der Waals surface area contributed by atoms with Crippen LogP contribution in [0.15, 0.2) is 42.5 Å². The van der Waals surface area contributed by atoms with Crippen molar-refractivity contribution in [3.05, 3.63) is 65.0 Å². The van der Waals surface area contributed by atoms with Gasteiger partial charge in [-0.1, -0.05) is 45.0 Å². The number of aryl methyl sites for hydroxylation is 2. The summed E-state index contributed by atoms with van der Waals surface area (Å²) in [6, 6.07) is 13.2. The van der Waals surface area contributed by atoms with Crippen LogP contribution in [0.2, 0.25) is 0 Å².